The van der Waals surface area contributed by atoms with Crippen LogP contribution in [-0.4, -0.2) is 48.6 Å². The van der Waals surface area contributed by atoms with Gasteiger partial charge in [-0.15, -0.1) is 24.8 Å². The number of nitrogens with one attached hydrogen (secondary N) is 2. The third kappa shape index (κ3) is 6.50. The third-order valence-corrected chi connectivity index (χ3v) is 4.58. The molecule has 2 heterocycles. The first-order valence-electron chi connectivity index (χ1n) is 8.95. The van der Waals surface area contributed by atoms with Crippen molar-refractivity contribution in [3.63, 3.8) is 0 Å². The topological polar surface area (TPSA) is 79.1 Å². The molecule has 0 fully saturated rings. The van der Waals surface area contributed by atoms with Crippen LogP contribution < -0.4 is 16.4 Å². The highest BCUT2D eigenvalue weighted by Gasteiger charge is 2.19. The van der Waals surface area contributed by atoms with Crippen molar-refractivity contribution in [2.75, 3.05) is 44.8 Å². The van der Waals surface area contributed by atoms with Crippen molar-refractivity contribution in [2.45, 2.75) is 25.3 Å². The number of nitrogens with two attached hydrogens (primary N) is 1. The summed E-state index contributed by atoms with van der Waals surface area (Å²) in [6.07, 6.45) is 2.81. The number of halogens is 2. The summed E-state index contributed by atoms with van der Waals surface area (Å²) in [6.45, 7) is 2.88. The van der Waals surface area contributed by atoms with Crippen LogP contribution >= 0.6 is 24.8 Å². The third-order valence-electron chi connectivity index (χ3n) is 4.58. The zero-order chi connectivity index (χ0) is 17.6. The first-order valence-corrected chi connectivity index (χ1v) is 8.95. The number of hydrogen-bond donors (Lipinski definition) is 3. The van der Waals surface area contributed by atoms with Gasteiger partial charge in [0, 0.05) is 18.5 Å². The number of hydrogen-bond acceptors (Lipinski definition) is 6. The van der Waals surface area contributed by atoms with E-state index in [9.17, 15) is 0 Å². The highest BCUT2D eigenvalue weighted by molar-refractivity contribution is 5.85. The lowest BCUT2D eigenvalue weighted by atomic mass is 10.0. The lowest BCUT2D eigenvalue weighted by Gasteiger charge is -2.23. The number of nitrogen functional groups attached to an aromatic ring is 1. The average Bonchev–Trinajstić information content (AvgIpc) is 2.84. The first kappa shape index (κ1) is 23.4. The van der Waals surface area contributed by atoms with Gasteiger partial charge in [-0.1, -0.05) is 30.3 Å². The molecular formula is C19H30Cl2N6. The quantitative estimate of drug-likeness (QED) is 0.676. The van der Waals surface area contributed by atoms with Crippen molar-refractivity contribution in [3.8, 4) is 0 Å². The van der Waals surface area contributed by atoms with Crippen LogP contribution in [-0.2, 0) is 12.8 Å². The Bertz CT molecular complexity index is 696. The molecule has 0 amide bonds. The minimum atomic E-state index is 0. The molecule has 0 bridgehead atoms. The van der Waals surface area contributed by atoms with Gasteiger partial charge in [0.2, 0.25) is 5.95 Å². The normalized spacial score (nSPS) is 14.3. The second-order valence-electron chi connectivity index (χ2n) is 6.81. The molecular weight excluding hydrogens is 383 g/mol. The summed E-state index contributed by atoms with van der Waals surface area (Å²) in [5, 5.41) is 7.08. The van der Waals surface area contributed by atoms with E-state index >= 15 is 0 Å². The Morgan fingerprint density at radius 3 is 2.52 bits per heavy atom. The molecule has 150 valence electrons. The molecule has 1 unspecified atom stereocenters. The zero-order valence-corrected chi connectivity index (χ0v) is 17.6. The van der Waals surface area contributed by atoms with Gasteiger partial charge in [-0.05, 0) is 45.6 Å². The van der Waals surface area contributed by atoms with E-state index < -0.39 is 0 Å². The summed E-state index contributed by atoms with van der Waals surface area (Å²) < 4.78 is 0. The number of anilines is 2. The fourth-order valence-corrected chi connectivity index (χ4v) is 3.24. The Kier molecular flexibility index (Phi) is 9.80. The van der Waals surface area contributed by atoms with Gasteiger partial charge in [-0.25, -0.2) is 4.98 Å². The number of fused-ring (bicyclic) bond motifs is 1. The van der Waals surface area contributed by atoms with Gasteiger partial charge in [0.25, 0.3) is 0 Å². The molecule has 2 aromatic rings. The molecule has 0 saturated carbocycles. The maximum absolute atomic E-state index is 5.98. The van der Waals surface area contributed by atoms with Gasteiger partial charge in [0.05, 0.1) is 11.7 Å². The van der Waals surface area contributed by atoms with E-state index in [4.69, 9.17) is 5.73 Å². The molecule has 1 aliphatic heterocycles. The molecule has 4 N–H and O–H groups in total. The predicted octanol–water partition coefficient (Wildman–Crippen LogP) is 2.70. The number of aromatic nitrogens is 2. The monoisotopic (exact) mass is 412 g/mol. The van der Waals surface area contributed by atoms with E-state index in [1.54, 1.807) is 0 Å². The minimum Gasteiger partial charge on any atom is -0.368 e. The van der Waals surface area contributed by atoms with E-state index in [-0.39, 0.29) is 30.9 Å². The van der Waals surface area contributed by atoms with Gasteiger partial charge in [0.1, 0.15) is 5.82 Å². The molecule has 6 nitrogen and oxygen atoms in total. The van der Waals surface area contributed by atoms with Crippen LogP contribution in [0.4, 0.5) is 11.8 Å². The van der Waals surface area contributed by atoms with Crippen LogP contribution in [0.5, 0.6) is 0 Å². The molecule has 8 heteroatoms. The largest absolute Gasteiger partial charge is 0.368 e. The summed E-state index contributed by atoms with van der Waals surface area (Å²) in [4.78, 5) is 11.2. The molecule has 1 aliphatic rings. The lowest BCUT2D eigenvalue weighted by molar-refractivity contribution is 0.387. The predicted molar refractivity (Wildman–Crippen MR) is 117 cm³/mol. The van der Waals surface area contributed by atoms with Crippen LogP contribution in [0, 0.1) is 0 Å². The lowest BCUT2D eigenvalue weighted by Crippen LogP contribution is -2.22. The van der Waals surface area contributed by atoms with E-state index in [2.05, 4.69) is 63.9 Å². The van der Waals surface area contributed by atoms with E-state index in [1.165, 1.54) is 11.1 Å². The molecule has 0 radical (unpaired) electrons. The Hall–Kier alpha value is -1.60. The maximum Gasteiger partial charge on any atom is 0.222 e. The molecule has 1 aromatic carbocycles. The summed E-state index contributed by atoms with van der Waals surface area (Å²) in [6, 6.07) is 10.7. The smallest absolute Gasteiger partial charge is 0.222 e. The van der Waals surface area contributed by atoms with Crippen LogP contribution in [0.1, 0.15) is 29.3 Å². The van der Waals surface area contributed by atoms with Crippen LogP contribution in [0.25, 0.3) is 0 Å². The summed E-state index contributed by atoms with van der Waals surface area (Å²) in [5.74, 6) is 1.24. The molecule has 27 heavy (non-hydrogen) atoms. The van der Waals surface area contributed by atoms with E-state index in [0.717, 1.165) is 50.4 Å². The van der Waals surface area contributed by atoms with E-state index in [1.807, 2.05) is 6.07 Å². The molecule has 3 rings (SSSR count). The Morgan fingerprint density at radius 2 is 1.81 bits per heavy atom. The maximum atomic E-state index is 5.98. The molecule has 1 aromatic heterocycles. The second kappa shape index (κ2) is 11.3. The van der Waals surface area contributed by atoms with Gasteiger partial charge in [-0.3, -0.25) is 0 Å². The van der Waals surface area contributed by atoms with Crippen LogP contribution in [0.2, 0.25) is 0 Å². The Morgan fingerprint density at radius 1 is 1.11 bits per heavy atom. The van der Waals surface area contributed by atoms with Crippen molar-refractivity contribution in [1.29, 1.82) is 0 Å². The van der Waals surface area contributed by atoms with Gasteiger partial charge in [0.15, 0.2) is 0 Å². The first-order chi connectivity index (χ1) is 12.1. The van der Waals surface area contributed by atoms with Gasteiger partial charge < -0.3 is 21.3 Å². The molecule has 0 aliphatic carbocycles. The average molecular weight is 413 g/mol. The summed E-state index contributed by atoms with van der Waals surface area (Å²) >= 11 is 0. The summed E-state index contributed by atoms with van der Waals surface area (Å²) in [5.41, 5.74) is 9.51. The van der Waals surface area contributed by atoms with Crippen LogP contribution in [0.3, 0.4) is 0 Å². The van der Waals surface area contributed by atoms with Gasteiger partial charge in [-0.2, -0.15) is 4.98 Å². The van der Waals surface area contributed by atoms with Crippen LogP contribution in [0.15, 0.2) is 30.3 Å². The van der Waals surface area contributed by atoms with Crippen molar-refractivity contribution >= 4 is 36.6 Å². The standard InChI is InChI=1S/C19H28N6.2ClH/c1-25(2)13-10-16(14-6-4-3-5-7-14)22-18-15-8-11-21-12-9-17(15)23-19(20)24-18;;/h3-7,16,21H,8-13H2,1-2H3,(H3,20,22,23,24);2*1H. The number of benzene rings is 1. The fourth-order valence-electron chi connectivity index (χ4n) is 3.24. The van der Waals surface area contributed by atoms with Crippen molar-refractivity contribution in [1.82, 2.24) is 20.2 Å². The SMILES string of the molecule is CN(C)CCC(Nc1nc(N)nc2c1CCNCC2)c1ccccc1.Cl.Cl. The molecule has 1 atom stereocenters. The molecule has 0 saturated heterocycles. The second-order valence-corrected chi connectivity index (χ2v) is 6.81. The minimum absolute atomic E-state index is 0. The number of nitrogens with zero attached hydrogens (tertiary/aromatic N) is 3. The molecule has 0 spiro atoms. The summed E-state index contributed by atoms with van der Waals surface area (Å²) in [7, 11) is 4.20. The van der Waals surface area contributed by atoms with Crippen molar-refractivity contribution < 1.29 is 0 Å². The fraction of sp³-hybridized carbons (Fsp3) is 0.474. The zero-order valence-electron chi connectivity index (χ0n) is 15.9. The Balaban J connectivity index is 0.00000182. The Labute approximate surface area is 174 Å². The van der Waals surface area contributed by atoms with Gasteiger partial charge >= 0.3 is 0 Å². The van der Waals surface area contributed by atoms with Crippen molar-refractivity contribution in [3.05, 3.63) is 47.2 Å². The highest BCUT2D eigenvalue weighted by Crippen LogP contribution is 2.27. The van der Waals surface area contributed by atoms with Crippen molar-refractivity contribution in [2.24, 2.45) is 0 Å². The van der Waals surface area contributed by atoms with E-state index in [0.29, 0.717) is 5.95 Å². The highest BCUT2D eigenvalue weighted by atomic mass is 35.5. The number of rotatable bonds is 6.